The number of aliphatic hydroxyl groups excluding tert-OH is 1. The van der Waals surface area contributed by atoms with Crippen molar-refractivity contribution < 1.29 is 5.11 Å². The summed E-state index contributed by atoms with van der Waals surface area (Å²) >= 11 is 0. The fraction of sp³-hybridized carbons (Fsp3) is 0.333. The van der Waals surface area contributed by atoms with Crippen LogP contribution in [-0.4, -0.2) is 20.1 Å². The lowest BCUT2D eigenvalue weighted by atomic mass is 10.3. The van der Waals surface area contributed by atoms with E-state index in [1.165, 1.54) is 4.80 Å². The number of aromatic nitrogens is 3. The van der Waals surface area contributed by atoms with Crippen LogP contribution in [0.2, 0.25) is 0 Å². The van der Waals surface area contributed by atoms with Crippen LogP contribution >= 0.6 is 0 Å². The highest BCUT2D eigenvalue weighted by molar-refractivity contribution is 5.72. The van der Waals surface area contributed by atoms with Crippen LogP contribution in [0.25, 0.3) is 11.0 Å². The Labute approximate surface area is 75.8 Å². The summed E-state index contributed by atoms with van der Waals surface area (Å²) in [5, 5.41) is 17.7. The van der Waals surface area contributed by atoms with E-state index >= 15 is 0 Å². The molecule has 4 heteroatoms. The Hall–Kier alpha value is -1.42. The van der Waals surface area contributed by atoms with Gasteiger partial charge in [-0.25, -0.2) is 0 Å². The Morgan fingerprint density at radius 1 is 1.31 bits per heavy atom. The van der Waals surface area contributed by atoms with E-state index < -0.39 is 6.23 Å². The van der Waals surface area contributed by atoms with Gasteiger partial charge in [0.25, 0.3) is 0 Å². The molecule has 0 bridgehead atoms. The predicted molar refractivity (Wildman–Crippen MR) is 49.1 cm³/mol. The molecule has 0 spiro atoms. The number of rotatable bonds is 2. The summed E-state index contributed by atoms with van der Waals surface area (Å²) in [5.74, 6) is 0. The molecule has 1 unspecified atom stereocenters. The van der Waals surface area contributed by atoms with Crippen molar-refractivity contribution in [2.24, 2.45) is 0 Å². The fourth-order valence-corrected chi connectivity index (χ4v) is 1.17. The number of nitrogens with zero attached hydrogens (tertiary/aromatic N) is 3. The van der Waals surface area contributed by atoms with Crippen LogP contribution in [0, 0.1) is 0 Å². The van der Waals surface area contributed by atoms with E-state index in [0.29, 0.717) is 6.42 Å². The van der Waals surface area contributed by atoms with Crippen LogP contribution in [0.5, 0.6) is 0 Å². The molecule has 13 heavy (non-hydrogen) atoms. The van der Waals surface area contributed by atoms with Gasteiger partial charge in [0.2, 0.25) is 0 Å². The van der Waals surface area contributed by atoms with Gasteiger partial charge in [0.05, 0.1) is 0 Å². The van der Waals surface area contributed by atoms with Gasteiger partial charge in [-0.2, -0.15) is 15.0 Å². The molecule has 1 atom stereocenters. The van der Waals surface area contributed by atoms with Gasteiger partial charge in [-0.1, -0.05) is 19.1 Å². The summed E-state index contributed by atoms with van der Waals surface area (Å²) in [4.78, 5) is 1.35. The van der Waals surface area contributed by atoms with Crippen molar-refractivity contribution >= 4 is 11.0 Å². The maximum atomic E-state index is 9.47. The first kappa shape index (κ1) is 8.19. The molecule has 1 heterocycles. The zero-order chi connectivity index (χ0) is 9.26. The predicted octanol–water partition coefficient (Wildman–Crippen LogP) is 1.33. The van der Waals surface area contributed by atoms with Gasteiger partial charge in [-0.3, -0.25) is 0 Å². The SMILES string of the molecule is CCC(O)n1nc2ccccc2n1. The topological polar surface area (TPSA) is 50.9 Å². The molecule has 0 radical (unpaired) electrons. The highest BCUT2D eigenvalue weighted by Gasteiger charge is 2.07. The molecule has 4 nitrogen and oxygen atoms in total. The molecule has 1 aromatic carbocycles. The monoisotopic (exact) mass is 177 g/mol. The van der Waals surface area contributed by atoms with Crippen molar-refractivity contribution in [1.82, 2.24) is 15.0 Å². The summed E-state index contributed by atoms with van der Waals surface area (Å²) < 4.78 is 0. The van der Waals surface area contributed by atoms with Crippen molar-refractivity contribution in [1.29, 1.82) is 0 Å². The minimum Gasteiger partial charge on any atom is -0.370 e. The summed E-state index contributed by atoms with van der Waals surface area (Å²) in [6.45, 7) is 1.89. The van der Waals surface area contributed by atoms with Gasteiger partial charge in [0.15, 0.2) is 6.23 Å². The normalized spacial score (nSPS) is 13.4. The van der Waals surface area contributed by atoms with Crippen molar-refractivity contribution in [2.45, 2.75) is 19.6 Å². The van der Waals surface area contributed by atoms with E-state index in [1.54, 1.807) is 0 Å². The Balaban J connectivity index is 2.49. The maximum absolute atomic E-state index is 9.47. The van der Waals surface area contributed by atoms with Gasteiger partial charge in [0, 0.05) is 0 Å². The van der Waals surface area contributed by atoms with Crippen molar-refractivity contribution in [2.75, 3.05) is 0 Å². The molecule has 0 saturated carbocycles. The average Bonchev–Trinajstić information content (AvgIpc) is 2.59. The van der Waals surface area contributed by atoms with Gasteiger partial charge in [-0.15, -0.1) is 0 Å². The molecule has 0 fully saturated rings. The standard InChI is InChI=1S/C9H11N3O/c1-2-9(13)12-10-7-5-3-4-6-8(7)11-12/h3-6,9,13H,2H2,1H3. The zero-order valence-electron chi connectivity index (χ0n) is 7.38. The Kier molecular flexibility index (Phi) is 1.98. The molecule has 0 amide bonds. The Morgan fingerprint density at radius 3 is 2.31 bits per heavy atom. The minimum atomic E-state index is -0.618. The molecule has 1 aromatic heterocycles. The lowest BCUT2D eigenvalue weighted by molar-refractivity contribution is 0.0729. The van der Waals surface area contributed by atoms with E-state index in [2.05, 4.69) is 10.2 Å². The van der Waals surface area contributed by atoms with E-state index in [-0.39, 0.29) is 0 Å². The number of fused-ring (bicyclic) bond motifs is 1. The smallest absolute Gasteiger partial charge is 0.165 e. The van der Waals surface area contributed by atoms with E-state index in [1.807, 2.05) is 31.2 Å². The molecule has 2 aromatic rings. The first-order valence-corrected chi connectivity index (χ1v) is 4.31. The fourth-order valence-electron chi connectivity index (χ4n) is 1.17. The van der Waals surface area contributed by atoms with Crippen molar-refractivity contribution in [3.05, 3.63) is 24.3 Å². The molecular formula is C9H11N3O. The molecule has 1 N–H and O–H groups in total. The van der Waals surface area contributed by atoms with Crippen LogP contribution in [0.4, 0.5) is 0 Å². The highest BCUT2D eigenvalue weighted by atomic mass is 16.3. The molecule has 2 rings (SSSR count). The van der Waals surface area contributed by atoms with Crippen LogP contribution in [0.3, 0.4) is 0 Å². The van der Waals surface area contributed by atoms with Gasteiger partial charge < -0.3 is 5.11 Å². The number of hydrogen-bond donors (Lipinski definition) is 1. The van der Waals surface area contributed by atoms with Gasteiger partial charge in [0.1, 0.15) is 11.0 Å². The quantitative estimate of drug-likeness (QED) is 0.752. The van der Waals surface area contributed by atoms with E-state index in [4.69, 9.17) is 0 Å². The van der Waals surface area contributed by atoms with Crippen LogP contribution in [0.1, 0.15) is 19.6 Å². The largest absolute Gasteiger partial charge is 0.370 e. The van der Waals surface area contributed by atoms with Crippen molar-refractivity contribution in [3.8, 4) is 0 Å². The Bertz CT molecular complexity index is 377. The lowest BCUT2D eigenvalue weighted by Gasteiger charge is -2.03. The molecular weight excluding hydrogens is 166 g/mol. The summed E-state index contributed by atoms with van der Waals surface area (Å²) in [6.07, 6.45) is -0.00606. The number of hydrogen-bond acceptors (Lipinski definition) is 3. The average molecular weight is 177 g/mol. The second-order valence-electron chi connectivity index (χ2n) is 2.90. The zero-order valence-corrected chi connectivity index (χ0v) is 7.38. The third-order valence-corrected chi connectivity index (χ3v) is 1.93. The molecule has 0 aliphatic rings. The van der Waals surface area contributed by atoms with E-state index in [9.17, 15) is 5.11 Å². The summed E-state index contributed by atoms with van der Waals surface area (Å²) in [7, 11) is 0. The van der Waals surface area contributed by atoms with Gasteiger partial charge in [-0.05, 0) is 18.6 Å². The second kappa shape index (κ2) is 3.14. The minimum absolute atomic E-state index is 0.612. The maximum Gasteiger partial charge on any atom is 0.165 e. The highest BCUT2D eigenvalue weighted by Crippen LogP contribution is 2.10. The lowest BCUT2D eigenvalue weighted by Crippen LogP contribution is -2.09. The first-order valence-electron chi connectivity index (χ1n) is 4.31. The Morgan fingerprint density at radius 2 is 1.85 bits per heavy atom. The van der Waals surface area contributed by atoms with Crippen LogP contribution in [-0.2, 0) is 0 Å². The van der Waals surface area contributed by atoms with E-state index in [0.717, 1.165) is 11.0 Å². The molecule has 0 saturated heterocycles. The van der Waals surface area contributed by atoms with Crippen molar-refractivity contribution in [3.63, 3.8) is 0 Å². The number of benzene rings is 1. The van der Waals surface area contributed by atoms with Gasteiger partial charge >= 0.3 is 0 Å². The third-order valence-electron chi connectivity index (χ3n) is 1.93. The molecule has 68 valence electrons. The second-order valence-corrected chi connectivity index (χ2v) is 2.90. The summed E-state index contributed by atoms with van der Waals surface area (Å²) in [6, 6.07) is 7.56. The summed E-state index contributed by atoms with van der Waals surface area (Å²) in [5.41, 5.74) is 1.63. The third kappa shape index (κ3) is 1.40. The molecule has 0 aliphatic carbocycles. The first-order chi connectivity index (χ1) is 6.31. The van der Waals surface area contributed by atoms with Crippen LogP contribution < -0.4 is 0 Å². The number of aliphatic hydroxyl groups is 1. The molecule has 0 aliphatic heterocycles. The van der Waals surface area contributed by atoms with Crippen LogP contribution in [0.15, 0.2) is 24.3 Å².